The largest absolute Gasteiger partial charge is 0.504 e. The van der Waals surface area contributed by atoms with Crippen LogP contribution in [0, 0.1) is 0 Å². The minimum absolute atomic E-state index is 0.101. The third-order valence-corrected chi connectivity index (χ3v) is 9.38. The van der Waals surface area contributed by atoms with E-state index in [0.717, 1.165) is 6.08 Å². The van der Waals surface area contributed by atoms with Gasteiger partial charge in [-0.1, -0.05) is 12.1 Å². The smallest absolute Gasteiger partial charge is 0.331 e. The Kier molecular flexibility index (Phi) is 14.7. The van der Waals surface area contributed by atoms with E-state index in [4.69, 9.17) is 42.6 Å². The van der Waals surface area contributed by atoms with Gasteiger partial charge in [0.1, 0.15) is 54.9 Å². The van der Waals surface area contributed by atoms with Crippen molar-refractivity contribution in [3.8, 4) is 23.0 Å². The summed E-state index contributed by atoms with van der Waals surface area (Å²) in [6.45, 7) is 0.361. The number of aromatic hydroxyl groups is 2. The monoisotopic (exact) mass is 784 g/mol. The molecule has 2 aromatic rings. The van der Waals surface area contributed by atoms with Crippen molar-refractivity contribution in [3.05, 3.63) is 53.6 Å². The number of carbonyl (C=O) groups excluding carboxylic acids is 1. The number of rotatable bonds is 14. The minimum atomic E-state index is -1.84. The number of ether oxygens (including phenoxy) is 9. The van der Waals surface area contributed by atoms with Gasteiger partial charge < -0.3 is 88.6 Å². The summed E-state index contributed by atoms with van der Waals surface area (Å²) in [7, 11) is 2.75. The summed E-state index contributed by atoms with van der Waals surface area (Å²) in [5.74, 6) is -0.848. The number of phenols is 2. The Labute approximate surface area is 315 Å². The molecule has 0 radical (unpaired) electrons. The number of esters is 1. The Morgan fingerprint density at radius 2 is 1.49 bits per heavy atom. The van der Waals surface area contributed by atoms with E-state index in [-0.39, 0.29) is 42.6 Å². The Balaban J connectivity index is 1.42. The number of phenolic OH excluding ortho intramolecular Hbond substituents is 2. The Hall–Kier alpha value is -3.67. The van der Waals surface area contributed by atoms with Crippen LogP contribution in [-0.2, 0) is 44.4 Å². The van der Waals surface area contributed by atoms with Crippen molar-refractivity contribution in [2.75, 3.05) is 34.0 Å². The summed E-state index contributed by atoms with van der Waals surface area (Å²) in [4.78, 5) is 13.4. The first kappa shape index (κ1) is 42.5. The van der Waals surface area contributed by atoms with Crippen molar-refractivity contribution in [1.82, 2.24) is 0 Å². The van der Waals surface area contributed by atoms with Crippen molar-refractivity contribution in [2.24, 2.45) is 0 Å². The van der Waals surface area contributed by atoms with E-state index < -0.39 is 98.6 Å². The molecule has 0 bridgehead atoms. The molecule has 55 heavy (non-hydrogen) atoms. The molecule has 0 amide bonds. The lowest BCUT2D eigenvalue weighted by molar-refractivity contribution is -0.362. The van der Waals surface area contributed by atoms with Crippen LogP contribution in [0.25, 0.3) is 6.08 Å². The van der Waals surface area contributed by atoms with Gasteiger partial charge in [-0.15, -0.1) is 0 Å². The molecule has 9 N–H and O–H groups in total. The first-order valence-corrected chi connectivity index (χ1v) is 17.4. The summed E-state index contributed by atoms with van der Waals surface area (Å²) in [5.41, 5.74) is 1.06. The molecule has 14 atom stereocenters. The Morgan fingerprint density at radius 3 is 2.20 bits per heavy atom. The Bertz CT molecular complexity index is 1590. The van der Waals surface area contributed by atoms with E-state index in [1.807, 2.05) is 0 Å². The topological polar surface area (TPSA) is 282 Å². The molecule has 3 aliphatic heterocycles. The van der Waals surface area contributed by atoms with Crippen molar-refractivity contribution in [3.63, 3.8) is 0 Å². The van der Waals surface area contributed by atoms with E-state index in [9.17, 15) is 50.8 Å². The standard InChI is InChI=1S/C36H48O19/c1-16-26(41)28(43)30(45)36(52-16)55-33-31(46)35(49-11-10-18-5-8-22(47-2)20(38)12-18)53-24(15-51-34-29(44)27(42)21(39)14-50-34)32(33)54-25(40)9-6-17-4-7-19(37)23(13-17)48-3/h4-9,12-13,16,21,24,26-39,41-46H,10-11,14-15H2,1-3H3/t16-,21-,24+,26+,27-,28+,29+,30+,31+,32+,33+,34-,35+,36-/m0/s1. The molecule has 3 fully saturated rings. The molecular weight excluding hydrogens is 736 g/mol. The van der Waals surface area contributed by atoms with Gasteiger partial charge in [0.05, 0.1) is 40.1 Å². The average Bonchev–Trinajstić information content (AvgIpc) is 3.17. The lowest BCUT2D eigenvalue weighted by Crippen LogP contribution is -2.65. The summed E-state index contributed by atoms with van der Waals surface area (Å²) in [5, 5.41) is 93.9. The molecule has 0 aromatic heterocycles. The van der Waals surface area contributed by atoms with E-state index in [1.165, 1.54) is 51.5 Å². The molecule has 0 unspecified atom stereocenters. The second-order valence-corrected chi connectivity index (χ2v) is 13.2. The maximum absolute atomic E-state index is 13.4. The van der Waals surface area contributed by atoms with Crippen LogP contribution in [0.3, 0.4) is 0 Å². The van der Waals surface area contributed by atoms with Crippen LogP contribution in [0.15, 0.2) is 42.5 Å². The van der Waals surface area contributed by atoms with E-state index >= 15 is 0 Å². The molecule has 0 aliphatic carbocycles. The zero-order valence-electron chi connectivity index (χ0n) is 30.1. The molecular formula is C36H48O19. The third kappa shape index (κ3) is 10.2. The fourth-order valence-corrected chi connectivity index (χ4v) is 6.18. The van der Waals surface area contributed by atoms with Crippen LogP contribution >= 0.6 is 0 Å². The van der Waals surface area contributed by atoms with Gasteiger partial charge in [0.15, 0.2) is 48.0 Å². The number of carbonyl (C=O) groups is 1. The first-order valence-electron chi connectivity index (χ1n) is 17.4. The predicted octanol–water partition coefficient (Wildman–Crippen LogP) is -1.95. The highest BCUT2D eigenvalue weighted by Crippen LogP contribution is 2.33. The van der Waals surface area contributed by atoms with Crippen molar-refractivity contribution in [1.29, 1.82) is 0 Å². The molecule has 3 heterocycles. The van der Waals surface area contributed by atoms with Crippen molar-refractivity contribution in [2.45, 2.75) is 99.4 Å². The lowest BCUT2D eigenvalue weighted by Gasteiger charge is -2.47. The van der Waals surface area contributed by atoms with Crippen LogP contribution < -0.4 is 9.47 Å². The lowest BCUT2D eigenvalue weighted by atomic mass is 9.96. The molecule has 19 heteroatoms. The second kappa shape index (κ2) is 19.0. The van der Waals surface area contributed by atoms with Gasteiger partial charge in [-0.25, -0.2) is 4.79 Å². The summed E-state index contributed by atoms with van der Waals surface area (Å²) < 4.78 is 50.6. The number of hydrogen-bond acceptors (Lipinski definition) is 19. The van der Waals surface area contributed by atoms with Crippen LogP contribution in [0.2, 0.25) is 0 Å². The molecule has 0 saturated carbocycles. The molecule has 306 valence electrons. The average molecular weight is 785 g/mol. The van der Waals surface area contributed by atoms with Crippen molar-refractivity contribution >= 4 is 12.0 Å². The van der Waals surface area contributed by atoms with Gasteiger partial charge in [0, 0.05) is 6.08 Å². The van der Waals surface area contributed by atoms with Crippen LogP contribution in [0.4, 0.5) is 0 Å². The quantitative estimate of drug-likeness (QED) is 0.0744. The maximum atomic E-state index is 13.4. The van der Waals surface area contributed by atoms with E-state index in [2.05, 4.69) is 0 Å². The summed E-state index contributed by atoms with van der Waals surface area (Å²) in [6, 6.07) is 9.00. The third-order valence-electron chi connectivity index (χ3n) is 9.38. The van der Waals surface area contributed by atoms with Gasteiger partial charge in [0.2, 0.25) is 0 Å². The molecule has 2 aromatic carbocycles. The number of aliphatic hydroxyl groups excluding tert-OH is 7. The maximum Gasteiger partial charge on any atom is 0.331 e. The normalized spacial score (nSPS) is 35.4. The molecule has 19 nitrogen and oxygen atoms in total. The summed E-state index contributed by atoms with van der Waals surface area (Å²) >= 11 is 0. The highest BCUT2D eigenvalue weighted by molar-refractivity contribution is 5.87. The van der Waals surface area contributed by atoms with Gasteiger partial charge in [0.25, 0.3) is 0 Å². The van der Waals surface area contributed by atoms with Gasteiger partial charge in [-0.3, -0.25) is 0 Å². The van der Waals surface area contributed by atoms with Gasteiger partial charge in [-0.05, 0) is 54.8 Å². The van der Waals surface area contributed by atoms with E-state index in [0.29, 0.717) is 11.1 Å². The highest BCUT2D eigenvalue weighted by Gasteiger charge is 2.53. The van der Waals surface area contributed by atoms with Gasteiger partial charge >= 0.3 is 5.97 Å². The number of hydrogen-bond donors (Lipinski definition) is 9. The highest BCUT2D eigenvalue weighted by atomic mass is 16.8. The van der Waals surface area contributed by atoms with Gasteiger partial charge in [-0.2, -0.15) is 0 Å². The first-order chi connectivity index (χ1) is 26.2. The van der Waals surface area contributed by atoms with Crippen LogP contribution in [0.1, 0.15) is 18.1 Å². The zero-order chi connectivity index (χ0) is 40.0. The van der Waals surface area contributed by atoms with E-state index in [1.54, 1.807) is 12.1 Å². The molecule has 5 rings (SSSR count). The zero-order valence-corrected chi connectivity index (χ0v) is 30.1. The minimum Gasteiger partial charge on any atom is -0.504 e. The number of benzene rings is 2. The molecule has 0 spiro atoms. The predicted molar refractivity (Wildman–Crippen MR) is 183 cm³/mol. The fraction of sp³-hybridized carbons (Fsp3) is 0.583. The number of aliphatic hydroxyl groups is 7. The fourth-order valence-electron chi connectivity index (χ4n) is 6.18. The number of methoxy groups -OCH3 is 2. The summed E-state index contributed by atoms with van der Waals surface area (Å²) in [6.07, 6.45) is -19.4. The Morgan fingerprint density at radius 1 is 0.764 bits per heavy atom. The molecule has 3 saturated heterocycles. The SMILES string of the molecule is COc1ccc(CCO[C@@H]2O[C@H](CO[C@@H]3OC[C@H](O)[C@H](O)[C@H]3O)[C@@H](OC(=O)C=Cc3ccc(O)c(OC)c3)[C@H](O[C@@H]3O[C@@H](C)[C@@H](O)[C@@H](O)[C@H]3O)[C@H]2O)cc1O. The molecule has 3 aliphatic rings. The van der Waals surface area contributed by atoms with Crippen LogP contribution in [-0.4, -0.2) is 172 Å². The van der Waals surface area contributed by atoms with Crippen molar-refractivity contribution < 1.29 is 93.4 Å². The van der Waals surface area contributed by atoms with Crippen LogP contribution in [0.5, 0.6) is 23.0 Å². The second-order valence-electron chi connectivity index (χ2n) is 13.2.